The summed E-state index contributed by atoms with van der Waals surface area (Å²) >= 11 is 0. The van der Waals surface area contributed by atoms with Crippen LogP contribution in [0.25, 0.3) is 0 Å². The van der Waals surface area contributed by atoms with Crippen molar-refractivity contribution in [3.63, 3.8) is 0 Å². The van der Waals surface area contributed by atoms with Crippen LogP contribution in [0, 0.1) is 27.6 Å². The molecule has 0 radical (unpaired) electrons. The minimum Gasteiger partial charge on any atom is -0.373 e. The van der Waals surface area contributed by atoms with Crippen LogP contribution in [-0.2, 0) is 6.54 Å². The Bertz CT molecular complexity index is 662. The lowest BCUT2D eigenvalue weighted by molar-refractivity contribution is -0.384. The first-order valence-corrected chi connectivity index (χ1v) is 5.59. The van der Waals surface area contributed by atoms with Gasteiger partial charge < -0.3 is 5.32 Å². The van der Waals surface area contributed by atoms with E-state index in [1.165, 1.54) is 12.1 Å². The van der Waals surface area contributed by atoms with E-state index in [9.17, 15) is 23.3 Å². The zero-order valence-corrected chi connectivity index (χ0v) is 10.1. The van der Waals surface area contributed by atoms with Crippen LogP contribution < -0.4 is 5.32 Å². The molecule has 7 heteroatoms. The van der Waals surface area contributed by atoms with E-state index in [2.05, 4.69) is 5.32 Å². The maximum absolute atomic E-state index is 13.6. The number of hydrogen-bond acceptors (Lipinski definition) is 3. The molecule has 0 spiro atoms. The van der Waals surface area contributed by atoms with Crippen molar-refractivity contribution in [1.29, 1.82) is 0 Å². The Morgan fingerprint density at radius 1 is 1.10 bits per heavy atom. The van der Waals surface area contributed by atoms with Gasteiger partial charge in [-0.3, -0.25) is 10.1 Å². The summed E-state index contributed by atoms with van der Waals surface area (Å²) in [5, 5.41) is 13.2. The number of rotatable bonds is 4. The van der Waals surface area contributed by atoms with Crippen LogP contribution in [0.5, 0.6) is 0 Å². The fraction of sp³-hybridized carbons (Fsp3) is 0.0769. The highest BCUT2D eigenvalue weighted by Crippen LogP contribution is 2.27. The molecule has 0 amide bonds. The molecule has 0 bridgehead atoms. The van der Waals surface area contributed by atoms with E-state index in [-0.39, 0.29) is 17.8 Å². The molecule has 2 rings (SSSR count). The first-order valence-electron chi connectivity index (χ1n) is 5.59. The van der Waals surface area contributed by atoms with Gasteiger partial charge in [-0.15, -0.1) is 0 Å². The van der Waals surface area contributed by atoms with Crippen molar-refractivity contribution >= 4 is 11.4 Å². The maximum Gasteiger partial charge on any atom is 0.295 e. The van der Waals surface area contributed by atoms with Crippen molar-refractivity contribution in [2.24, 2.45) is 0 Å². The molecule has 0 aliphatic carbocycles. The number of nitrogens with zero attached hydrogens (tertiary/aromatic N) is 1. The quantitative estimate of drug-likeness (QED) is 0.688. The van der Waals surface area contributed by atoms with E-state index in [0.717, 1.165) is 18.2 Å². The average Bonchev–Trinajstić information content (AvgIpc) is 2.38. The highest BCUT2D eigenvalue weighted by Gasteiger charge is 2.17. The second kappa shape index (κ2) is 5.60. The van der Waals surface area contributed by atoms with Crippen molar-refractivity contribution in [2.75, 3.05) is 5.32 Å². The smallest absolute Gasteiger partial charge is 0.295 e. The first kappa shape index (κ1) is 13.9. The van der Waals surface area contributed by atoms with Gasteiger partial charge in [0.05, 0.1) is 4.92 Å². The summed E-state index contributed by atoms with van der Waals surface area (Å²) in [7, 11) is 0. The molecule has 0 aliphatic rings. The number of nitro benzene ring substituents is 1. The van der Waals surface area contributed by atoms with Crippen molar-refractivity contribution in [2.45, 2.75) is 6.54 Å². The van der Waals surface area contributed by atoms with Gasteiger partial charge in [-0.25, -0.2) is 13.2 Å². The third kappa shape index (κ3) is 2.87. The summed E-state index contributed by atoms with van der Waals surface area (Å²) in [4.78, 5) is 10.0. The summed E-state index contributed by atoms with van der Waals surface area (Å²) in [6, 6.07) is 6.31. The van der Waals surface area contributed by atoms with Gasteiger partial charge in [0.2, 0.25) is 0 Å². The number of benzene rings is 2. The molecule has 0 atom stereocenters. The maximum atomic E-state index is 13.6. The van der Waals surface area contributed by atoms with Crippen LogP contribution in [-0.4, -0.2) is 4.92 Å². The fourth-order valence-corrected chi connectivity index (χ4v) is 1.69. The molecular weight excluding hydrogens is 273 g/mol. The highest BCUT2D eigenvalue weighted by atomic mass is 19.1. The molecule has 0 fully saturated rings. The Morgan fingerprint density at radius 3 is 2.50 bits per heavy atom. The van der Waals surface area contributed by atoms with Gasteiger partial charge in [0, 0.05) is 24.2 Å². The Kier molecular flexibility index (Phi) is 3.88. The zero-order valence-electron chi connectivity index (χ0n) is 10.1. The van der Waals surface area contributed by atoms with Crippen molar-refractivity contribution in [3.8, 4) is 0 Å². The zero-order chi connectivity index (χ0) is 14.7. The summed E-state index contributed by atoms with van der Waals surface area (Å²) in [6.45, 7) is -0.201. The summed E-state index contributed by atoms with van der Waals surface area (Å²) in [6.07, 6.45) is 0. The Labute approximate surface area is 112 Å². The monoisotopic (exact) mass is 282 g/mol. The molecule has 0 heterocycles. The second-order valence-electron chi connectivity index (χ2n) is 3.98. The van der Waals surface area contributed by atoms with Crippen LogP contribution >= 0.6 is 0 Å². The summed E-state index contributed by atoms with van der Waals surface area (Å²) in [5.41, 5.74) is -0.710. The highest BCUT2D eigenvalue weighted by molar-refractivity contribution is 5.62. The van der Waals surface area contributed by atoms with Crippen LogP contribution in [0.1, 0.15) is 5.56 Å². The van der Waals surface area contributed by atoms with Crippen LogP contribution in [0.2, 0.25) is 0 Å². The molecule has 1 N–H and O–H groups in total. The van der Waals surface area contributed by atoms with Crippen molar-refractivity contribution in [3.05, 3.63) is 69.5 Å². The van der Waals surface area contributed by atoms with Crippen LogP contribution in [0.3, 0.4) is 0 Å². The lowest BCUT2D eigenvalue weighted by Crippen LogP contribution is -2.06. The molecule has 0 unspecified atom stereocenters. The first-order chi connectivity index (χ1) is 9.49. The average molecular weight is 282 g/mol. The number of anilines is 1. The van der Waals surface area contributed by atoms with E-state index in [1.54, 1.807) is 0 Å². The van der Waals surface area contributed by atoms with E-state index in [4.69, 9.17) is 0 Å². The van der Waals surface area contributed by atoms with Gasteiger partial charge in [-0.2, -0.15) is 0 Å². The second-order valence-corrected chi connectivity index (χ2v) is 3.98. The number of halogens is 3. The fourth-order valence-electron chi connectivity index (χ4n) is 1.69. The van der Waals surface area contributed by atoms with Gasteiger partial charge >= 0.3 is 0 Å². The van der Waals surface area contributed by atoms with Gasteiger partial charge in [0.15, 0.2) is 5.82 Å². The molecular formula is C13H9F3N2O2. The lowest BCUT2D eigenvalue weighted by atomic mass is 10.2. The lowest BCUT2D eigenvalue weighted by Gasteiger charge is -2.09. The minimum absolute atomic E-state index is 0.0731. The SMILES string of the molecule is O=[N+]([O-])c1cccc(F)c1NCc1ccc(F)cc1F. The number of para-hydroxylation sites is 1. The third-order valence-corrected chi connectivity index (χ3v) is 2.66. The number of hydrogen-bond donors (Lipinski definition) is 1. The molecule has 4 nitrogen and oxygen atoms in total. The van der Waals surface area contributed by atoms with Gasteiger partial charge in [-0.1, -0.05) is 12.1 Å². The standard InChI is InChI=1S/C13H9F3N2O2/c14-9-5-4-8(11(16)6-9)7-17-13-10(15)2-1-3-12(13)18(19)20/h1-6,17H,7H2. The molecule has 0 aliphatic heterocycles. The number of nitro groups is 1. The topological polar surface area (TPSA) is 55.2 Å². The Morgan fingerprint density at radius 2 is 1.85 bits per heavy atom. The molecule has 104 valence electrons. The summed E-state index contributed by atoms with van der Waals surface area (Å²) < 4.78 is 39.7. The van der Waals surface area contributed by atoms with E-state index in [1.807, 2.05) is 0 Å². The Hall–Kier alpha value is -2.57. The third-order valence-electron chi connectivity index (χ3n) is 2.66. The van der Waals surface area contributed by atoms with E-state index in [0.29, 0.717) is 6.07 Å². The Balaban J connectivity index is 2.25. The van der Waals surface area contributed by atoms with E-state index >= 15 is 0 Å². The van der Waals surface area contributed by atoms with Gasteiger partial charge in [0.25, 0.3) is 5.69 Å². The normalized spacial score (nSPS) is 10.3. The molecule has 2 aromatic rings. The molecule has 2 aromatic carbocycles. The molecule has 0 saturated carbocycles. The molecule has 0 saturated heterocycles. The largest absolute Gasteiger partial charge is 0.373 e. The minimum atomic E-state index is -0.818. The molecule has 0 aromatic heterocycles. The summed E-state index contributed by atoms with van der Waals surface area (Å²) in [5.74, 6) is -2.36. The van der Waals surface area contributed by atoms with Gasteiger partial charge in [-0.05, 0) is 12.1 Å². The van der Waals surface area contributed by atoms with Crippen LogP contribution in [0.15, 0.2) is 36.4 Å². The van der Waals surface area contributed by atoms with E-state index < -0.39 is 28.1 Å². The van der Waals surface area contributed by atoms with Crippen molar-refractivity contribution < 1.29 is 18.1 Å². The predicted molar refractivity (Wildman–Crippen MR) is 66.7 cm³/mol. The number of nitrogens with one attached hydrogen (secondary N) is 1. The van der Waals surface area contributed by atoms with Crippen molar-refractivity contribution in [1.82, 2.24) is 0 Å². The molecule has 20 heavy (non-hydrogen) atoms. The predicted octanol–water partition coefficient (Wildman–Crippen LogP) is 3.62. The van der Waals surface area contributed by atoms with Gasteiger partial charge in [0.1, 0.15) is 17.3 Å². The van der Waals surface area contributed by atoms with Crippen LogP contribution in [0.4, 0.5) is 24.5 Å².